The summed E-state index contributed by atoms with van der Waals surface area (Å²) in [5, 5.41) is 3.06. The molecule has 3 nitrogen and oxygen atoms in total. The molecule has 0 aliphatic carbocycles. The summed E-state index contributed by atoms with van der Waals surface area (Å²) < 4.78 is 1.90. The smallest absolute Gasteiger partial charge is 0.255 e. The quantitative estimate of drug-likeness (QED) is 0.915. The summed E-state index contributed by atoms with van der Waals surface area (Å²) in [7, 11) is 1.86. The van der Waals surface area contributed by atoms with Crippen LogP contribution in [0, 0.1) is 12.8 Å². The maximum Gasteiger partial charge on any atom is 0.255 e. The molecule has 0 amide bonds. The van der Waals surface area contributed by atoms with Crippen LogP contribution in [0.5, 0.6) is 0 Å². The van der Waals surface area contributed by atoms with Gasteiger partial charge in [-0.2, -0.15) is 0 Å². The summed E-state index contributed by atoms with van der Waals surface area (Å²) in [4.78, 5) is 12.7. The summed E-state index contributed by atoms with van der Waals surface area (Å²) in [6.45, 7) is 7.68. The minimum absolute atomic E-state index is 0.108. The molecule has 0 saturated heterocycles. The average molecular weight is 284 g/mol. The van der Waals surface area contributed by atoms with Crippen molar-refractivity contribution in [3.63, 3.8) is 0 Å². The third-order valence-corrected chi connectivity index (χ3v) is 3.52. The maximum atomic E-state index is 12.7. The summed E-state index contributed by atoms with van der Waals surface area (Å²) in [5.41, 5.74) is 4.23. The van der Waals surface area contributed by atoms with E-state index in [0.29, 0.717) is 12.5 Å². The largest absolute Gasteiger partial charge is 0.315 e. The van der Waals surface area contributed by atoms with Crippen LogP contribution in [-0.2, 0) is 13.1 Å². The summed E-state index contributed by atoms with van der Waals surface area (Å²) in [6.07, 6.45) is 0. The Hall–Kier alpha value is -1.87. The lowest BCUT2D eigenvalue weighted by Crippen LogP contribution is -2.28. The number of benzene rings is 1. The first-order valence-corrected chi connectivity index (χ1v) is 7.47. The van der Waals surface area contributed by atoms with Crippen LogP contribution in [0.4, 0.5) is 0 Å². The second-order valence-electron chi connectivity index (χ2n) is 5.95. The van der Waals surface area contributed by atoms with Gasteiger partial charge in [0.2, 0.25) is 0 Å². The molecule has 2 rings (SSSR count). The number of aromatic nitrogens is 1. The molecule has 0 unspecified atom stereocenters. The Morgan fingerprint density at radius 2 is 1.76 bits per heavy atom. The molecule has 0 fully saturated rings. The zero-order valence-electron chi connectivity index (χ0n) is 13.3. The molecule has 0 aliphatic rings. The SMILES string of the molecule is CNCc1ccc(-c2ccc(C)cc2)n(CC(C)C)c1=O. The molecule has 0 radical (unpaired) electrons. The molecule has 112 valence electrons. The van der Waals surface area contributed by atoms with Gasteiger partial charge in [-0.15, -0.1) is 0 Å². The third kappa shape index (κ3) is 3.61. The molecule has 1 aromatic carbocycles. The Morgan fingerprint density at radius 1 is 1.10 bits per heavy atom. The van der Waals surface area contributed by atoms with Crippen LogP contribution >= 0.6 is 0 Å². The van der Waals surface area contributed by atoms with Gasteiger partial charge in [-0.1, -0.05) is 49.7 Å². The van der Waals surface area contributed by atoms with E-state index in [4.69, 9.17) is 0 Å². The van der Waals surface area contributed by atoms with Gasteiger partial charge in [0.25, 0.3) is 5.56 Å². The van der Waals surface area contributed by atoms with Gasteiger partial charge in [0, 0.05) is 18.7 Å². The number of aryl methyl sites for hydroxylation is 1. The second kappa shape index (κ2) is 6.72. The molecule has 0 bridgehead atoms. The molecule has 3 heteroatoms. The summed E-state index contributed by atoms with van der Waals surface area (Å²) in [5.74, 6) is 0.428. The van der Waals surface area contributed by atoms with Crippen LogP contribution in [0.2, 0.25) is 0 Å². The number of nitrogens with one attached hydrogen (secondary N) is 1. The van der Waals surface area contributed by atoms with E-state index < -0.39 is 0 Å². The molecule has 21 heavy (non-hydrogen) atoms. The van der Waals surface area contributed by atoms with Crippen LogP contribution in [0.3, 0.4) is 0 Å². The normalized spacial score (nSPS) is 11.1. The van der Waals surface area contributed by atoms with E-state index in [1.165, 1.54) is 5.56 Å². The van der Waals surface area contributed by atoms with Crippen molar-refractivity contribution < 1.29 is 0 Å². The van der Waals surface area contributed by atoms with Crippen LogP contribution in [0.1, 0.15) is 25.0 Å². The zero-order valence-corrected chi connectivity index (χ0v) is 13.3. The predicted molar refractivity (Wildman–Crippen MR) is 88.5 cm³/mol. The van der Waals surface area contributed by atoms with Crippen molar-refractivity contribution in [3.8, 4) is 11.3 Å². The highest BCUT2D eigenvalue weighted by atomic mass is 16.1. The fraction of sp³-hybridized carbons (Fsp3) is 0.389. The van der Waals surface area contributed by atoms with Gasteiger partial charge in [-0.05, 0) is 31.5 Å². The van der Waals surface area contributed by atoms with E-state index >= 15 is 0 Å². The number of hydrogen-bond acceptors (Lipinski definition) is 2. The Labute approximate surface area is 126 Å². The topological polar surface area (TPSA) is 34.0 Å². The highest BCUT2D eigenvalue weighted by molar-refractivity contribution is 5.60. The first-order valence-electron chi connectivity index (χ1n) is 7.47. The van der Waals surface area contributed by atoms with Crippen molar-refractivity contribution in [1.82, 2.24) is 9.88 Å². The monoisotopic (exact) mass is 284 g/mol. The standard InChI is InChI=1S/C18H24N2O/c1-13(2)12-20-17(15-7-5-14(3)6-8-15)10-9-16(11-19-4)18(20)21/h5-10,13,19H,11-12H2,1-4H3. The number of rotatable bonds is 5. The highest BCUT2D eigenvalue weighted by Gasteiger charge is 2.11. The lowest BCUT2D eigenvalue weighted by atomic mass is 10.1. The van der Waals surface area contributed by atoms with E-state index in [1.54, 1.807) is 0 Å². The van der Waals surface area contributed by atoms with Crippen LogP contribution in [0.15, 0.2) is 41.2 Å². The molecule has 0 saturated carbocycles. The Bertz CT molecular complexity index is 654. The van der Waals surface area contributed by atoms with Crippen molar-refractivity contribution in [2.45, 2.75) is 33.9 Å². The van der Waals surface area contributed by atoms with Gasteiger partial charge < -0.3 is 9.88 Å². The van der Waals surface area contributed by atoms with E-state index in [2.05, 4.69) is 56.4 Å². The number of nitrogens with zero attached hydrogens (tertiary/aromatic N) is 1. The Morgan fingerprint density at radius 3 is 2.33 bits per heavy atom. The minimum atomic E-state index is 0.108. The summed E-state index contributed by atoms with van der Waals surface area (Å²) in [6, 6.07) is 12.3. The van der Waals surface area contributed by atoms with Crippen molar-refractivity contribution in [1.29, 1.82) is 0 Å². The molecule has 1 N–H and O–H groups in total. The molecule has 0 aliphatic heterocycles. The van der Waals surface area contributed by atoms with Crippen molar-refractivity contribution in [2.24, 2.45) is 5.92 Å². The number of hydrogen-bond donors (Lipinski definition) is 1. The van der Waals surface area contributed by atoms with Gasteiger partial charge in [-0.3, -0.25) is 4.79 Å². The maximum absolute atomic E-state index is 12.7. The van der Waals surface area contributed by atoms with Gasteiger partial charge in [0.1, 0.15) is 0 Å². The molecule has 0 atom stereocenters. The van der Waals surface area contributed by atoms with E-state index in [9.17, 15) is 4.79 Å². The van der Waals surface area contributed by atoms with Crippen LogP contribution < -0.4 is 10.9 Å². The van der Waals surface area contributed by atoms with Crippen LogP contribution in [0.25, 0.3) is 11.3 Å². The molecule has 0 spiro atoms. The molecule has 1 heterocycles. The summed E-state index contributed by atoms with van der Waals surface area (Å²) >= 11 is 0. The molecule has 2 aromatic rings. The van der Waals surface area contributed by atoms with Gasteiger partial charge >= 0.3 is 0 Å². The average Bonchev–Trinajstić information content (AvgIpc) is 2.44. The third-order valence-electron chi connectivity index (χ3n) is 3.52. The fourth-order valence-corrected chi connectivity index (χ4v) is 2.47. The number of pyridine rings is 1. The predicted octanol–water partition coefficient (Wildman–Crippen LogP) is 3.20. The Balaban J connectivity index is 2.56. The first-order chi connectivity index (χ1) is 10.0. The van der Waals surface area contributed by atoms with Crippen molar-refractivity contribution in [2.75, 3.05) is 7.05 Å². The van der Waals surface area contributed by atoms with E-state index in [-0.39, 0.29) is 5.56 Å². The van der Waals surface area contributed by atoms with Crippen molar-refractivity contribution in [3.05, 3.63) is 57.9 Å². The zero-order chi connectivity index (χ0) is 15.4. The van der Waals surface area contributed by atoms with Crippen molar-refractivity contribution >= 4 is 0 Å². The minimum Gasteiger partial charge on any atom is -0.315 e. The highest BCUT2D eigenvalue weighted by Crippen LogP contribution is 2.20. The molecular weight excluding hydrogens is 260 g/mol. The molecule has 1 aromatic heterocycles. The lowest BCUT2D eigenvalue weighted by Gasteiger charge is -2.17. The van der Waals surface area contributed by atoms with Crippen LogP contribution in [-0.4, -0.2) is 11.6 Å². The molecular formula is C18H24N2O. The Kier molecular flexibility index (Phi) is 4.97. The first kappa shape index (κ1) is 15.5. The van der Waals surface area contributed by atoms with Gasteiger partial charge in [-0.25, -0.2) is 0 Å². The van der Waals surface area contributed by atoms with Gasteiger partial charge in [0.05, 0.1) is 5.69 Å². The lowest BCUT2D eigenvalue weighted by molar-refractivity contribution is 0.511. The van der Waals surface area contributed by atoms with E-state index in [0.717, 1.165) is 23.4 Å². The fourth-order valence-electron chi connectivity index (χ4n) is 2.47. The second-order valence-corrected chi connectivity index (χ2v) is 5.95. The van der Waals surface area contributed by atoms with Gasteiger partial charge in [0.15, 0.2) is 0 Å². The van der Waals surface area contributed by atoms with E-state index in [1.807, 2.05) is 17.7 Å².